The number of aromatic amines is 1. The van der Waals surface area contributed by atoms with Gasteiger partial charge in [0.05, 0.1) is 17.4 Å². The number of aryl methyl sites for hydroxylation is 1. The molecule has 7 nitrogen and oxygen atoms in total. The fourth-order valence-electron chi connectivity index (χ4n) is 5.19. The van der Waals surface area contributed by atoms with E-state index >= 15 is 0 Å². The zero-order chi connectivity index (χ0) is 25.0. The van der Waals surface area contributed by atoms with Crippen molar-refractivity contribution in [2.75, 3.05) is 20.1 Å². The van der Waals surface area contributed by atoms with E-state index in [0.29, 0.717) is 29.9 Å². The Morgan fingerprint density at radius 1 is 1.05 bits per heavy atom. The highest BCUT2D eigenvalue weighted by Gasteiger charge is 2.44. The zero-order valence-electron chi connectivity index (χ0n) is 20.3. The van der Waals surface area contributed by atoms with Gasteiger partial charge in [0.25, 0.3) is 11.5 Å². The minimum atomic E-state index is -0.648. The van der Waals surface area contributed by atoms with Crippen LogP contribution < -0.4 is 10.9 Å². The van der Waals surface area contributed by atoms with Gasteiger partial charge >= 0.3 is 0 Å². The smallest absolute Gasteiger partial charge is 0.274 e. The number of fused-ring (bicyclic) bond motifs is 2. The number of likely N-dealkylation sites (tertiary alicyclic amines) is 1. The van der Waals surface area contributed by atoms with Gasteiger partial charge in [-0.3, -0.25) is 9.59 Å². The number of H-pyrrole nitrogens is 1. The van der Waals surface area contributed by atoms with Gasteiger partial charge in [-0.25, -0.2) is 8.91 Å². The third-order valence-corrected chi connectivity index (χ3v) is 6.97. The highest BCUT2D eigenvalue weighted by molar-refractivity contribution is 5.96. The van der Waals surface area contributed by atoms with E-state index in [1.165, 1.54) is 16.6 Å². The predicted molar refractivity (Wildman–Crippen MR) is 144 cm³/mol. The average Bonchev–Trinajstić information content (AvgIpc) is 3.20. The van der Waals surface area contributed by atoms with Crippen LogP contribution >= 0.6 is 12.4 Å². The van der Waals surface area contributed by atoms with Crippen molar-refractivity contribution in [3.63, 3.8) is 0 Å². The summed E-state index contributed by atoms with van der Waals surface area (Å²) in [5, 5.41) is 9.78. The van der Waals surface area contributed by atoms with E-state index in [-0.39, 0.29) is 35.4 Å². The lowest BCUT2D eigenvalue weighted by Gasteiger charge is -2.49. The molecule has 37 heavy (non-hydrogen) atoms. The molecule has 0 saturated carbocycles. The highest BCUT2D eigenvalue weighted by atomic mass is 35.5. The molecule has 188 valence electrons. The Morgan fingerprint density at radius 3 is 2.46 bits per heavy atom. The Kier molecular flexibility index (Phi) is 6.09. The molecule has 0 atom stereocenters. The summed E-state index contributed by atoms with van der Waals surface area (Å²) in [6, 6.07) is 20.1. The first-order valence-electron chi connectivity index (χ1n) is 11.7. The van der Waals surface area contributed by atoms with Crippen LogP contribution in [0.3, 0.4) is 0 Å². The monoisotopic (exact) mass is 517 g/mol. The van der Waals surface area contributed by atoms with Crippen molar-refractivity contribution in [1.82, 2.24) is 24.8 Å². The van der Waals surface area contributed by atoms with Crippen LogP contribution in [0.1, 0.15) is 21.6 Å². The number of hydrogen-bond acceptors (Lipinski definition) is 4. The summed E-state index contributed by atoms with van der Waals surface area (Å²) in [5.41, 5.74) is 2.33. The molecule has 5 aromatic rings. The summed E-state index contributed by atoms with van der Waals surface area (Å²) in [4.78, 5) is 31.5. The molecule has 0 spiro atoms. The highest BCUT2D eigenvalue weighted by Crippen LogP contribution is 2.32. The molecular formula is C28H25ClFN5O2. The molecule has 9 heteroatoms. The Hall–Kier alpha value is -4.01. The number of halogens is 2. The summed E-state index contributed by atoms with van der Waals surface area (Å²) in [7, 11) is 1.96. The van der Waals surface area contributed by atoms with Crippen molar-refractivity contribution in [1.29, 1.82) is 0 Å². The standard InChI is InChI=1S/C28H24FN5O2.ClH/c1-17-24(26(35)31-28(15-33(2)16-28)21-9-11-22(29)12-10-21)32-34-14-23(30-27(36)25(17)34)20-8-7-18-5-3-4-6-19(18)13-20;/h3-14H,15-16H2,1-2H3,(H,30,36)(H,31,35);1H. The van der Waals surface area contributed by atoms with E-state index < -0.39 is 5.54 Å². The predicted octanol–water partition coefficient (Wildman–Crippen LogP) is 4.28. The van der Waals surface area contributed by atoms with Crippen molar-refractivity contribution in [2.45, 2.75) is 12.5 Å². The van der Waals surface area contributed by atoms with Crippen LogP contribution in [0.2, 0.25) is 0 Å². The number of nitrogens with one attached hydrogen (secondary N) is 2. The number of nitrogens with zero attached hydrogens (tertiary/aromatic N) is 3. The molecule has 3 heterocycles. The first kappa shape index (κ1) is 24.7. The Labute approximate surface area is 218 Å². The molecule has 1 fully saturated rings. The van der Waals surface area contributed by atoms with Crippen LogP contribution in [-0.2, 0) is 5.54 Å². The number of rotatable bonds is 4. The maximum absolute atomic E-state index is 13.5. The second kappa shape index (κ2) is 9.14. The fraction of sp³-hybridized carbons (Fsp3) is 0.179. The third kappa shape index (κ3) is 4.18. The molecule has 0 aliphatic carbocycles. The summed E-state index contributed by atoms with van der Waals surface area (Å²) in [6.07, 6.45) is 1.73. The molecule has 1 aliphatic rings. The largest absolute Gasteiger partial charge is 0.338 e. The molecule has 6 rings (SSSR count). The second-order valence-corrected chi connectivity index (χ2v) is 9.54. The van der Waals surface area contributed by atoms with Crippen LogP contribution in [0.4, 0.5) is 4.39 Å². The number of hydrogen-bond donors (Lipinski definition) is 2. The zero-order valence-corrected chi connectivity index (χ0v) is 21.1. The van der Waals surface area contributed by atoms with Crippen molar-refractivity contribution in [3.8, 4) is 11.3 Å². The van der Waals surface area contributed by atoms with Gasteiger partial charge in [-0.05, 0) is 48.5 Å². The number of aromatic nitrogens is 3. The van der Waals surface area contributed by atoms with Gasteiger partial charge in [0.15, 0.2) is 5.69 Å². The topological polar surface area (TPSA) is 82.5 Å². The van der Waals surface area contributed by atoms with E-state index in [1.807, 2.05) is 49.5 Å². The van der Waals surface area contributed by atoms with E-state index in [0.717, 1.165) is 21.9 Å². The van der Waals surface area contributed by atoms with Gasteiger partial charge in [-0.2, -0.15) is 5.10 Å². The molecule has 3 aromatic carbocycles. The fourth-order valence-corrected chi connectivity index (χ4v) is 5.19. The van der Waals surface area contributed by atoms with Crippen molar-refractivity contribution in [3.05, 3.63) is 106 Å². The first-order chi connectivity index (χ1) is 17.3. The lowest BCUT2D eigenvalue weighted by atomic mass is 9.82. The van der Waals surface area contributed by atoms with Gasteiger partial charge in [0.1, 0.15) is 11.3 Å². The molecule has 1 aliphatic heterocycles. The second-order valence-electron chi connectivity index (χ2n) is 9.54. The van der Waals surface area contributed by atoms with Crippen LogP contribution in [0.25, 0.3) is 27.5 Å². The number of benzene rings is 3. The summed E-state index contributed by atoms with van der Waals surface area (Å²) < 4.78 is 15.0. The maximum Gasteiger partial charge on any atom is 0.274 e. The van der Waals surface area contributed by atoms with E-state index in [1.54, 1.807) is 25.3 Å². The van der Waals surface area contributed by atoms with Crippen molar-refractivity contribution >= 4 is 34.6 Å². The molecule has 1 saturated heterocycles. The molecule has 2 aromatic heterocycles. The maximum atomic E-state index is 13.5. The van der Waals surface area contributed by atoms with Gasteiger partial charge in [-0.1, -0.05) is 48.5 Å². The molecule has 0 radical (unpaired) electrons. The Morgan fingerprint density at radius 2 is 1.76 bits per heavy atom. The first-order valence-corrected chi connectivity index (χ1v) is 11.7. The average molecular weight is 518 g/mol. The minimum absolute atomic E-state index is 0. The van der Waals surface area contributed by atoms with Crippen molar-refractivity contribution < 1.29 is 9.18 Å². The van der Waals surface area contributed by atoms with Gasteiger partial charge in [-0.15, -0.1) is 12.4 Å². The summed E-state index contributed by atoms with van der Waals surface area (Å²) in [5.74, 6) is -0.703. The molecule has 0 unspecified atom stereocenters. The van der Waals surface area contributed by atoms with Crippen LogP contribution in [-0.4, -0.2) is 45.5 Å². The molecular weight excluding hydrogens is 493 g/mol. The normalized spacial score (nSPS) is 14.8. The molecule has 0 bridgehead atoms. The van der Waals surface area contributed by atoms with Crippen molar-refractivity contribution in [2.24, 2.45) is 0 Å². The summed E-state index contributed by atoms with van der Waals surface area (Å²) >= 11 is 0. The van der Waals surface area contributed by atoms with E-state index in [9.17, 15) is 14.0 Å². The van der Waals surface area contributed by atoms with Gasteiger partial charge in [0, 0.05) is 24.2 Å². The quantitative estimate of drug-likeness (QED) is 0.373. The van der Waals surface area contributed by atoms with Crippen LogP contribution in [0, 0.1) is 12.7 Å². The number of carbonyl (C=O) groups is 1. The summed E-state index contributed by atoms with van der Waals surface area (Å²) in [6.45, 7) is 2.90. The lowest BCUT2D eigenvalue weighted by molar-refractivity contribution is 0.0507. The van der Waals surface area contributed by atoms with Crippen LogP contribution in [0.15, 0.2) is 77.7 Å². The van der Waals surface area contributed by atoms with Gasteiger partial charge < -0.3 is 15.2 Å². The third-order valence-electron chi connectivity index (χ3n) is 6.97. The SMILES string of the molecule is Cc1c(C(=O)NC2(c3ccc(F)cc3)CN(C)C2)nn2cc(-c3ccc4ccccc4c3)[nH]c(=O)c12.Cl. The van der Waals surface area contributed by atoms with E-state index in [2.05, 4.69) is 20.3 Å². The number of amides is 1. The van der Waals surface area contributed by atoms with Gasteiger partial charge in [0.2, 0.25) is 0 Å². The lowest BCUT2D eigenvalue weighted by Crippen LogP contribution is -2.66. The Bertz CT molecular complexity index is 1700. The van der Waals surface area contributed by atoms with Crippen LogP contribution in [0.5, 0.6) is 0 Å². The molecule has 1 amide bonds. The number of likely N-dealkylation sites (N-methyl/N-ethyl adjacent to an activating group) is 1. The molecule has 2 N–H and O–H groups in total. The Balaban J connectivity index is 0.00000280. The number of carbonyl (C=O) groups excluding carboxylic acids is 1. The minimum Gasteiger partial charge on any atom is -0.338 e. The van der Waals surface area contributed by atoms with E-state index in [4.69, 9.17) is 0 Å².